The first-order valence-corrected chi connectivity index (χ1v) is 15.3. The third-order valence-corrected chi connectivity index (χ3v) is 8.85. The number of rotatable bonds is 8. The number of hydrogen-bond acceptors (Lipinski definition) is 4. The normalized spacial score (nSPS) is 15.6. The highest BCUT2D eigenvalue weighted by Crippen LogP contribution is 2.50. The van der Waals surface area contributed by atoms with Crippen LogP contribution in [0, 0.1) is 5.41 Å². The van der Waals surface area contributed by atoms with Gasteiger partial charge in [-0.25, -0.2) is 0 Å². The summed E-state index contributed by atoms with van der Waals surface area (Å²) < 4.78 is 2.29. The van der Waals surface area contributed by atoms with E-state index in [2.05, 4.69) is 106 Å². The van der Waals surface area contributed by atoms with Crippen molar-refractivity contribution in [3.8, 4) is 5.69 Å². The maximum Gasteiger partial charge on any atom is 0.133 e. The van der Waals surface area contributed by atoms with E-state index in [9.17, 15) is 0 Å². The summed E-state index contributed by atoms with van der Waals surface area (Å²) in [4.78, 5) is 11.2. The molecule has 40 heavy (non-hydrogen) atoms. The van der Waals surface area contributed by atoms with E-state index in [4.69, 9.17) is 10.4 Å². The van der Waals surface area contributed by atoms with Crippen LogP contribution in [-0.2, 0) is 6.42 Å². The molecule has 6 rings (SSSR count). The van der Waals surface area contributed by atoms with E-state index in [1.54, 1.807) is 0 Å². The number of hydrogen-bond donors (Lipinski definition) is 1. The number of para-hydroxylation sites is 3. The van der Waals surface area contributed by atoms with Gasteiger partial charge in [0.1, 0.15) is 5.49 Å². The second-order valence-electron chi connectivity index (χ2n) is 10.6. The average Bonchev–Trinajstić information content (AvgIpc) is 3.34. The van der Waals surface area contributed by atoms with E-state index in [0.717, 1.165) is 55.6 Å². The van der Waals surface area contributed by atoms with Crippen LogP contribution in [0.15, 0.2) is 93.8 Å². The molecular formula is C34H37N5S. The number of thioether (sulfide) groups is 1. The van der Waals surface area contributed by atoms with Gasteiger partial charge in [0.15, 0.2) is 0 Å². The third kappa shape index (κ3) is 5.20. The summed E-state index contributed by atoms with van der Waals surface area (Å²) in [5.41, 5.74) is 7.31. The highest BCUT2D eigenvalue weighted by atomic mass is 32.2. The molecule has 2 aliphatic rings. The smallest absolute Gasteiger partial charge is 0.133 e. The molecular weight excluding hydrogens is 510 g/mol. The summed E-state index contributed by atoms with van der Waals surface area (Å²) >= 11 is 1.89. The molecule has 3 heterocycles. The first-order valence-electron chi connectivity index (χ1n) is 14.4. The van der Waals surface area contributed by atoms with Crippen LogP contribution >= 0.6 is 11.8 Å². The topological polar surface area (TPSA) is 47.6 Å². The fourth-order valence-corrected chi connectivity index (χ4v) is 7.09. The summed E-state index contributed by atoms with van der Waals surface area (Å²) in [6.45, 7) is 7.60. The van der Waals surface area contributed by atoms with Crippen molar-refractivity contribution in [2.45, 2.75) is 44.4 Å². The molecule has 0 saturated heterocycles. The van der Waals surface area contributed by atoms with Gasteiger partial charge < -0.3 is 9.80 Å². The SMILES string of the molecule is CCCN(CCCN=c1cc(/C=C2\Sc3cccc4c3N2CCC4)c2ccccc2n1-c1ccccc1)C(C)=N. The quantitative estimate of drug-likeness (QED) is 0.141. The highest BCUT2D eigenvalue weighted by Gasteiger charge is 2.30. The van der Waals surface area contributed by atoms with Crippen molar-refractivity contribution in [1.29, 1.82) is 5.41 Å². The molecule has 0 bridgehead atoms. The van der Waals surface area contributed by atoms with Crippen molar-refractivity contribution < 1.29 is 0 Å². The number of anilines is 1. The minimum absolute atomic E-state index is 0.636. The molecule has 4 aromatic rings. The standard InChI is InChI=1S/C34H37N5S/c1-3-20-37(25(2)35)21-11-19-36-32-23-27(24-33-38-22-10-13-26-12-9-18-31(40-33)34(26)38)29-16-7-8-17-30(29)39(32)28-14-5-4-6-15-28/h4-9,12,14-18,23-24,35H,3,10-11,13,19-22H2,1-2H3/b33-24-,35-25?,36-32?. The van der Waals surface area contributed by atoms with Crippen LogP contribution in [-0.4, -0.2) is 41.5 Å². The Bertz CT molecular complexity index is 1640. The largest absolute Gasteiger partial charge is 0.361 e. The molecule has 0 aliphatic carbocycles. The maximum absolute atomic E-state index is 8.10. The lowest BCUT2D eigenvalue weighted by molar-refractivity contribution is 0.406. The van der Waals surface area contributed by atoms with Gasteiger partial charge in [-0.1, -0.05) is 67.2 Å². The van der Waals surface area contributed by atoms with Crippen molar-refractivity contribution in [1.82, 2.24) is 9.47 Å². The summed E-state index contributed by atoms with van der Waals surface area (Å²) in [7, 11) is 0. The van der Waals surface area contributed by atoms with Gasteiger partial charge in [-0.05, 0) is 80.1 Å². The number of nitrogens with one attached hydrogen (secondary N) is 1. The van der Waals surface area contributed by atoms with Gasteiger partial charge >= 0.3 is 0 Å². The molecule has 1 N–H and O–H groups in total. The zero-order valence-electron chi connectivity index (χ0n) is 23.4. The van der Waals surface area contributed by atoms with Crippen molar-refractivity contribution in [2.75, 3.05) is 31.1 Å². The summed E-state index contributed by atoms with van der Waals surface area (Å²) in [6.07, 6.45) is 6.68. The summed E-state index contributed by atoms with van der Waals surface area (Å²) in [5.74, 6) is 0.636. The first kappa shape index (κ1) is 26.5. The molecule has 0 fully saturated rings. The Morgan fingerprint density at radius 3 is 2.67 bits per heavy atom. The summed E-state index contributed by atoms with van der Waals surface area (Å²) in [5, 5.41) is 10.6. The molecule has 1 aromatic heterocycles. The second kappa shape index (κ2) is 11.8. The number of benzene rings is 3. The number of aromatic nitrogens is 1. The van der Waals surface area contributed by atoms with Gasteiger partial charge in [-0.3, -0.25) is 15.0 Å². The lowest BCUT2D eigenvalue weighted by Gasteiger charge is -2.27. The minimum Gasteiger partial charge on any atom is -0.361 e. The number of pyridine rings is 1. The molecule has 2 aliphatic heterocycles. The number of amidine groups is 1. The van der Waals surface area contributed by atoms with Crippen molar-refractivity contribution in [3.05, 3.63) is 101 Å². The Morgan fingerprint density at radius 2 is 1.85 bits per heavy atom. The number of aryl methyl sites for hydroxylation is 1. The van der Waals surface area contributed by atoms with Crippen LogP contribution in [0.5, 0.6) is 0 Å². The molecule has 0 spiro atoms. The highest BCUT2D eigenvalue weighted by molar-refractivity contribution is 8.03. The molecule has 0 radical (unpaired) electrons. The van der Waals surface area contributed by atoms with Crippen LogP contribution in [0.3, 0.4) is 0 Å². The van der Waals surface area contributed by atoms with Crippen LogP contribution in [0.1, 0.15) is 44.2 Å². The fraction of sp³-hybridized carbons (Fsp3) is 0.294. The monoisotopic (exact) mass is 547 g/mol. The lowest BCUT2D eigenvalue weighted by atomic mass is 10.0. The minimum atomic E-state index is 0.636. The Kier molecular flexibility index (Phi) is 7.78. The molecule has 0 saturated carbocycles. The van der Waals surface area contributed by atoms with Crippen LogP contribution < -0.4 is 10.4 Å². The van der Waals surface area contributed by atoms with Crippen LogP contribution in [0.2, 0.25) is 0 Å². The van der Waals surface area contributed by atoms with E-state index >= 15 is 0 Å². The van der Waals surface area contributed by atoms with Crippen molar-refractivity contribution >= 4 is 40.3 Å². The van der Waals surface area contributed by atoms with Gasteiger partial charge in [0.2, 0.25) is 0 Å². The Balaban J connectivity index is 1.44. The zero-order chi connectivity index (χ0) is 27.5. The molecule has 0 unspecified atom stereocenters. The van der Waals surface area contributed by atoms with E-state index in [-0.39, 0.29) is 0 Å². The van der Waals surface area contributed by atoms with Gasteiger partial charge in [-0.2, -0.15) is 0 Å². The molecule has 0 atom stereocenters. The molecule has 204 valence electrons. The van der Waals surface area contributed by atoms with Gasteiger partial charge in [-0.15, -0.1) is 0 Å². The van der Waals surface area contributed by atoms with E-state index in [1.807, 2.05) is 18.7 Å². The Morgan fingerprint density at radius 1 is 1.02 bits per heavy atom. The lowest BCUT2D eigenvalue weighted by Crippen LogP contribution is -2.30. The van der Waals surface area contributed by atoms with E-state index in [0.29, 0.717) is 12.4 Å². The Hall–Kier alpha value is -3.77. The van der Waals surface area contributed by atoms with Gasteiger partial charge in [0.05, 0.1) is 22.1 Å². The van der Waals surface area contributed by atoms with Gasteiger partial charge in [0, 0.05) is 42.1 Å². The summed E-state index contributed by atoms with van der Waals surface area (Å²) in [6, 6.07) is 28.3. The first-order chi connectivity index (χ1) is 19.6. The third-order valence-electron chi connectivity index (χ3n) is 7.75. The molecule has 3 aromatic carbocycles. The van der Waals surface area contributed by atoms with E-state index < -0.39 is 0 Å². The molecule has 6 heteroatoms. The zero-order valence-corrected chi connectivity index (χ0v) is 24.3. The predicted molar refractivity (Wildman–Crippen MR) is 170 cm³/mol. The predicted octanol–water partition coefficient (Wildman–Crippen LogP) is 7.49. The maximum atomic E-state index is 8.10. The number of nitrogens with zero attached hydrogens (tertiary/aromatic N) is 4. The molecule has 0 amide bonds. The van der Waals surface area contributed by atoms with Gasteiger partial charge in [0.25, 0.3) is 0 Å². The molecule has 5 nitrogen and oxygen atoms in total. The van der Waals surface area contributed by atoms with Crippen LogP contribution in [0.4, 0.5) is 5.69 Å². The van der Waals surface area contributed by atoms with Crippen molar-refractivity contribution in [2.24, 2.45) is 4.99 Å². The van der Waals surface area contributed by atoms with E-state index in [1.165, 1.54) is 38.5 Å². The van der Waals surface area contributed by atoms with Crippen molar-refractivity contribution in [3.63, 3.8) is 0 Å². The Labute approximate surface area is 241 Å². The average molecular weight is 548 g/mol. The number of fused-ring (bicyclic) bond motifs is 1. The van der Waals surface area contributed by atoms with Crippen LogP contribution in [0.25, 0.3) is 22.7 Å². The second-order valence-corrected chi connectivity index (χ2v) is 11.6. The fourth-order valence-electron chi connectivity index (χ4n) is 5.90.